The van der Waals surface area contributed by atoms with E-state index in [9.17, 15) is 22.4 Å². The fraction of sp³-hybridized carbons (Fsp3) is 0.182. The standard InChI is InChI=1S/C11H7F4N3O/c1-6-3-2-4-7(12)9(6)18-5-8(16-17-18)10(19)11(13,14)15/h2-5H,1H3. The van der Waals surface area contributed by atoms with Gasteiger partial charge in [0.15, 0.2) is 5.69 Å². The molecule has 0 unspecified atom stereocenters. The second-order valence-corrected chi connectivity index (χ2v) is 3.78. The summed E-state index contributed by atoms with van der Waals surface area (Å²) in [6, 6.07) is 4.15. The lowest BCUT2D eigenvalue weighted by Gasteiger charge is -2.05. The van der Waals surface area contributed by atoms with Crippen LogP contribution in [0.25, 0.3) is 5.69 Å². The molecule has 0 atom stereocenters. The van der Waals surface area contributed by atoms with Gasteiger partial charge in [-0.15, -0.1) is 5.10 Å². The van der Waals surface area contributed by atoms with Crippen molar-refractivity contribution in [1.29, 1.82) is 0 Å². The van der Waals surface area contributed by atoms with Crippen LogP contribution in [-0.2, 0) is 0 Å². The normalized spacial score (nSPS) is 11.6. The zero-order valence-electron chi connectivity index (χ0n) is 9.57. The first-order valence-corrected chi connectivity index (χ1v) is 5.10. The molecule has 0 fully saturated rings. The van der Waals surface area contributed by atoms with Crippen LogP contribution in [0, 0.1) is 12.7 Å². The Morgan fingerprint density at radius 1 is 1.32 bits per heavy atom. The maximum atomic E-state index is 13.6. The van der Waals surface area contributed by atoms with Gasteiger partial charge < -0.3 is 0 Å². The van der Waals surface area contributed by atoms with Gasteiger partial charge in [-0.25, -0.2) is 9.07 Å². The van der Waals surface area contributed by atoms with E-state index < -0.39 is 23.5 Å². The number of benzene rings is 1. The lowest BCUT2D eigenvalue weighted by Crippen LogP contribution is -2.23. The topological polar surface area (TPSA) is 47.8 Å². The van der Waals surface area contributed by atoms with Crippen LogP contribution in [-0.4, -0.2) is 27.0 Å². The molecule has 0 aliphatic carbocycles. The summed E-state index contributed by atoms with van der Waals surface area (Å²) in [5.74, 6) is -2.79. The van der Waals surface area contributed by atoms with Crippen molar-refractivity contribution in [3.05, 3.63) is 41.5 Å². The molecule has 100 valence electrons. The van der Waals surface area contributed by atoms with Crippen LogP contribution in [0.15, 0.2) is 24.4 Å². The first-order valence-electron chi connectivity index (χ1n) is 5.10. The molecule has 8 heteroatoms. The predicted molar refractivity (Wildman–Crippen MR) is 56.4 cm³/mol. The van der Waals surface area contributed by atoms with Gasteiger partial charge in [-0.2, -0.15) is 13.2 Å². The minimum atomic E-state index is -5.04. The molecule has 0 radical (unpaired) electrons. The van der Waals surface area contributed by atoms with Crippen molar-refractivity contribution in [2.45, 2.75) is 13.1 Å². The molecule has 2 aromatic rings. The maximum Gasteiger partial charge on any atom is 0.456 e. The van der Waals surface area contributed by atoms with E-state index in [1.165, 1.54) is 6.07 Å². The Morgan fingerprint density at radius 3 is 2.58 bits per heavy atom. The molecular formula is C11H7F4N3O. The molecule has 0 spiro atoms. The Labute approximate surface area is 104 Å². The van der Waals surface area contributed by atoms with Gasteiger partial charge in [-0.05, 0) is 18.6 Å². The smallest absolute Gasteiger partial charge is 0.282 e. The second-order valence-electron chi connectivity index (χ2n) is 3.78. The molecule has 2 rings (SSSR count). The molecule has 0 amide bonds. The summed E-state index contributed by atoms with van der Waals surface area (Å²) >= 11 is 0. The number of Topliss-reactive ketones (excluding diaryl/α,β-unsaturated/α-hetero) is 1. The number of aromatic nitrogens is 3. The fourth-order valence-electron chi connectivity index (χ4n) is 1.54. The van der Waals surface area contributed by atoms with Crippen molar-refractivity contribution in [3.63, 3.8) is 0 Å². The van der Waals surface area contributed by atoms with Gasteiger partial charge in [0, 0.05) is 0 Å². The largest absolute Gasteiger partial charge is 0.456 e. The lowest BCUT2D eigenvalue weighted by atomic mass is 10.2. The van der Waals surface area contributed by atoms with E-state index in [2.05, 4.69) is 10.3 Å². The van der Waals surface area contributed by atoms with Crippen molar-refractivity contribution in [3.8, 4) is 5.69 Å². The summed E-state index contributed by atoms with van der Waals surface area (Å²) < 4.78 is 51.0. The van der Waals surface area contributed by atoms with Crippen molar-refractivity contribution < 1.29 is 22.4 Å². The van der Waals surface area contributed by atoms with Gasteiger partial charge in [0.05, 0.1) is 6.20 Å². The van der Waals surface area contributed by atoms with Crippen molar-refractivity contribution in [1.82, 2.24) is 15.0 Å². The Hall–Kier alpha value is -2.25. The maximum absolute atomic E-state index is 13.6. The number of ketones is 1. The Morgan fingerprint density at radius 2 is 2.00 bits per heavy atom. The average Bonchev–Trinajstić information content (AvgIpc) is 2.75. The molecule has 0 saturated carbocycles. The molecule has 1 heterocycles. The van der Waals surface area contributed by atoms with E-state index in [1.54, 1.807) is 13.0 Å². The van der Waals surface area contributed by atoms with Crippen molar-refractivity contribution in [2.75, 3.05) is 0 Å². The van der Waals surface area contributed by atoms with Gasteiger partial charge in [0.25, 0.3) is 5.78 Å². The number of aryl methyl sites for hydroxylation is 1. The van der Waals surface area contributed by atoms with E-state index in [1.807, 2.05) is 0 Å². The molecule has 19 heavy (non-hydrogen) atoms. The van der Waals surface area contributed by atoms with E-state index in [0.717, 1.165) is 16.9 Å². The van der Waals surface area contributed by atoms with E-state index >= 15 is 0 Å². The summed E-state index contributed by atoms with van der Waals surface area (Å²) in [4.78, 5) is 10.9. The minimum Gasteiger partial charge on any atom is -0.282 e. The lowest BCUT2D eigenvalue weighted by molar-refractivity contribution is -0.0888. The van der Waals surface area contributed by atoms with Gasteiger partial charge in [0.2, 0.25) is 0 Å². The molecule has 0 aliphatic heterocycles. The van der Waals surface area contributed by atoms with Crippen LogP contribution in [0.5, 0.6) is 0 Å². The number of rotatable bonds is 2. The quantitative estimate of drug-likeness (QED) is 0.623. The van der Waals surface area contributed by atoms with Crippen molar-refractivity contribution >= 4 is 5.78 Å². The van der Waals surface area contributed by atoms with Crippen LogP contribution in [0.3, 0.4) is 0 Å². The third-order valence-corrected chi connectivity index (χ3v) is 2.40. The molecule has 1 aromatic heterocycles. The van der Waals surface area contributed by atoms with Crippen LogP contribution in [0.1, 0.15) is 16.1 Å². The van der Waals surface area contributed by atoms with Crippen LogP contribution < -0.4 is 0 Å². The molecular weight excluding hydrogens is 266 g/mol. The molecule has 0 bridgehead atoms. The number of halogens is 4. The highest BCUT2D eigenvalue weighted by Gasteiger charge is 2.41. The number of carbonyl (C=O) groups excluding carboxylic acids is 1. The first-order chi connectivity index (χ1) is 8.80. The SMILES string of the molecule is Cc1cccc(F)c1-n1cc(C(=O)C(F)(F)F)nn1. The number of alkyl halides is 3. The van der Waals surface area contributed by atoms with Gasteiger partial charge >= 0.3 is 6.18 Å². The molecule has 1 aromatic carbocycles. The fourth-order valence-corrected chi connectivity index (χ4v) is 1.54. The number of nitrogens with zero attached hydrogens (tertiary/aromatic N) is 3. The second kappa shape index (κ2) is 4.45. The van der Waals surface area contributed by atoms with Gasteiger partial charge in [-0.1, -0.05) is 17.3 Å². The summed E-state index contributed by atoms with van der Waals surface area (Å²) in [7, 11) is 0. The summed E-state index contributed by atoms with van der Waals surface area (Å²) in [6.45, 7) is 1.56. The van der Waals surface area contributed by atoms with Crippen LogP contribution >= 0.6 is 0 Å². The molecule has 0 saturated heterocycles. The number of para-hydroxylation sites is 1. The van der Waals surface area contributed by atoms with E-state index in [0.29, 0.717) is 5.56 Å². The number of hydrogen-bond acceptors (Lipinski definition) is 3. The van der Waals surface area contributed by atoms with Crippen LogP contribution in [0.4, 0.5) is 17.6 Å². The van der Waals surface area contributed by atoms with E-state index in [-0.39, 0.29) is 5.69 Å². The zero-order chi connectivity index (χ0) is 14.2. The highest BCUT2D eigenvalue weighted by molar-refractivity contribution is 5.98. The Bertz CT molecular complexity index is 613. The molecule has 4 nitrogen and oxygen atoms in total. The predicted octanol–water partition coefficient (Wildman–Crippen LogP) is 2.46. The van der Waals surface area contributed by atoms with Gasteiger partial charge in [0.1, 0.15) is 11.5 Å². The summed E-state index contributed by atoms with van der Waals surface area (Å²) in [6.07, 6.45) is -4.29. The third-order valence-electron chi connectivity index (χ3n) is 2.40. The monoisotopic (exact) mass is 273 g/mol. The Balaban J connectivity index is 2.45. The number of carbonyl (C=O) groups is 1. The highest BCUT2D eigenvalue weighted by atomic mass is 19.4. The third kappa shape index (κ3) is 2.47. The highest BCUT2D eigenvalue weighted by Crippen LogP contribution is 2.22. The summed E-state index contributed by atoms with van der Waals surface area (Å²) in [5, 5.41) is 6.47. The summed E-state index contributed by atoms with van der Waals surface area (Å²) in [5.41, 5.74) is -0.470. The zero-order valence-corrected chi connectivity index (χ0v) is 9.57. The number of hydrogen-bond donors (Lipinski definition) is 0. The van der Waals surface area contributed by atoms with Crippen molar-refractivity contribution in [2.24, 2.45) is 0 Å². The van der Waals surface area contributed by atoms with E-state index in [4.69, 9.17) is 0 Å². The Kier molecular flexibility index (Phi) is 3.09. The minimum absolute atomic E-state index is 0.0452. The molecule has 0 aliphatic rings. The average molecular weight is 273 g/mol. The van der Waals surface area contributed by atoms with Crippen LogP contribution in [0.2, 0.25) is 0 Å². The molecule has 0 N–H and O–H groups in total. The first kappa shape index (κ1) is 13.2. The van der Waals surface area contributed by atoms with Gasteiger partial charge in [-0.3, -0.25) is 4.79 Å².